The monoisotopic (exact) mass is 207 g/mol. The van der Waals surface area contributed by atoms with Crippen molar-refractivity contribution in [3.63, 3.8) is 0 Å². The van der Waals surface area contributed by atoms with Gasteiger partial charge in [0.05, 0.1) is 16.7 Å². The Morgan fingerprint density at radius 1 is 1.36 bits per heavy atom. The van der Waals surface area contributed by atoms with Crippen LogP contribution in [0.1, 0.15) is 11.3 Å². The number of hydrogen-bond donors (Lipinski definition) is 1. The van der Waals surface area contributed by atoms with Gasteiger partial charge in [0.25, 0.3) is 0 Å². The van der Waals surface area contributed by atoms with Gasteiger partial charge in [0, 0.05) is 6.54 Å². The van der Waals surface area contributed by atoms with Crippen LogP contribution in [-0.2, 0) is 6.54 Å². The lowest BCUT2D eigenvalue weighted by Gasteiger charge is -2.04. The predicted octanol–water partition coefficient (Wildman–Crippen LogP) is 2.05. The van der Waals surface area contributed by atoms with Crippen molar-refractivity contribution in [1.82, 2.24) is 9.97 Å². The first-order chi connectivity index (χ1) is 6.72. The molecule has 1 aromatic heterocycles. The van der Waals surface area contributed by atoms with Gasteiger partial charge in [-0.05, 0) is 18.6 Å². The summed E-state index contributed by atoms with van der Waals surface area (Å²) >= 11 is 5.88. The third kappa shape index (κ3) is 1.45. The Hall–Kier alpha value is -1.19. The molecule has 1 aromatic carbocycles. The number of hydrogen-bond acceptors (Lipinski definition) is 3. The lowest BCUT2D eigenvalue weighted by atomic mass is 10.2. The quantitative estimate of drug-likeness (QED) is 0.779. The Morgan fingerprint density at radius 2 is 2.14 bits per heavy atom. The standard InChI is InChI=1S/C10H10ClN3/c1-6-10(11)14-8-4-2-3-7(5-12)9(8)13-6/h2-4H,5,12H2,1H3. The molecular formula is C10H10ClN3. The summed E-state index contributed by atoms with van der Waals surface area (Å²) in [5.74, 6) is 0. The van der Waals surface area contributed by atoms with E-state index in [1.807, 2.05) is 25.1 Å². The lowest BCUT2D eigenvalue weighted by molar-refractivity contribution is 1.06. The van der Waals surface area contributed by atoms with E-state index in [1.165, 1.54) is 0 Å². The first kappa shape index (κ1) is 9.37. The molecule has 0 atom stereocenters. The van der Waals surface area contributed by atoms with E-state index in [0.717, 1.165) is 22.3 Å². The third-order valence-electron chi connectivity index (χ3n) is 2.11. The molecule has 3 nitrogen and oxygen atoms in total. The molecule has 14 heavy (non-hydrogen) atoms. The first-order valence-corrected chi connectivity index (χ1v) is 4.72. The van der Waals surface area contributed by atoms with Crippen LogP contribution in [-0.4, -0.2) is 9.97 Å². The van der Waals surface area contributed by atoms with Crippen molar-refractivity contribution in [2.24, 2.45) is 5.73 Å². The van der Waals surface area contributed by atoms with Gasteiger partial charge < -0.3 is 5.73 Å². The van der Waals surface area contributed by atoms with Gasteiger partial charge in [-0.25, -0.2) is 9.97 Å². The topological polar surface area (TPSA) is 51.8 Å². The largest absolute Gasteiger partial charge is 0.326 e. The minimum atomic E-state index is 0.451. The number of halogens is 1. The van der Waals surface area contributed by atoms with Gasteiger partial charge in [0.2, 0.25) is 0 Å². The van der Waals surface area contributed by atoms with E-state index in [0.29, 0.717) is 11.7 Å². The molecular weight excluding hydrogens is 198 g/mol. The van der Waals surface area contributed by atoms with Crippen LogP contribution in [0.2, 0.25) is 5.15 Å². The Balaban J connectivity index is 2.81. The van der Waals surface area contributed by atoms with Gasteiger partial charge in [-0.2, -0.15) is 0 Å². The maximum Gasteiger partial charge on any atom is 0.150 e. The molecule has 0 fully saturated rings. The second kappa shape index (κ2) is 3.52. The molecule has 2 N–H and O–H groups in total. The lowest BCUT2D eigenvalue weighted by Crippen LogP contribution is -2.00. The summed E-state index contributed by atoms with van der Waals surface area (Å²) in [6.07, 6.45) is 0. The van der Waals surface area contributed by atoms with Crippen molar-refractivity contribution in [1.29, 1.82) is 0 Å². The van der Waals surface area contributed by atoms with E-state index < -0.39 is 0 Å². The van der Waals surface area contributed by atoms with E-state index in [2.05, 4.69) is 9.97 Å². The normalized spacial score (nSPS) is 10.8. The maximum absolute atomic E-state index is 5.88. The zero-order valence-corrected chi connectivity index (χ0v) is 8.54. The highest BCUT2D eigenvalue weighted by molar-refractivity contribution is 6.30. The minimum Gasteiger partial charge on any atom is -0.326 e. The smallest absolute Gasteiger partial charge is 0.150 e. The number of rotatable bonds is 1. The molecule has 0 bridgehead atoms. The summed E-state index contributed by atoms with van der Waals surface area (Å²) in [5.41, 5.74) is 8.97. The van der Waals surface area contributed by atoms with Gasteiger partial charge in [0.15, 0.2) is 5.15 Å². The van der Waals surface area contributed by atoms with Crippen molar-refractivity contribution in [2.45, 2.75) is 13.5 Å². The predicted molar refractivity (Wildman–Crippen MR) is 57.2 cm³/mol. The molecule has 0 amide bonds. The SMILES string of the molecule is Cc1nc2c(CN)cccc2nc1Cl. The van der Waals surface area contributed by atoms with Gasteiger partial charge in [-0.3, -0.25) is 0 Å². The fourth-order valence-corrected chi connectivity index (χ4v) is 1.50. The third-order valence-corrected chi connectivity index (χ3v) is 2.47. The number of para-hydroxylation sites is 1. The fraction of sp³-hybridized carbons (Fsp3) is 0.200. The van der Waals surface area contributed by atoms with Crippen LogP contribution in [0.5, 0.6) is 0 Å². The van der Waals surface area contributed by atoms with Crippen LogP contribution in [0, 0.1) is 6.92 Å². The molecule has 0 saturated heterocycles. The van der Waals surface area contributed by atoms with Crippen molar-refractivity contribution in [2.75, 3.05) is 0 Å². The van der Waals surface area contributed by atoms with Crippen molar-refractivity contribution in [3.8, 4) is 0 Å². The zero-order chi connectivity index (χ0) is 10.1. The zero-order valence-electron chi connectivity index (χ0n) is 7.79. The highest BCUT2D eigenvalue weighted by Gasteiger charge is 2.05. The second-order valence-corrected chi connectivity index (χ2v) is 3.45. The summed E-state index contributed by atoms with van der Waals surface area (Å²) in [6, 6.07) is 5.74. The molecule has 0 aliphatic carbocycles. The second-order valence-electron chi connectivity index (χ2n) is 3.09. The van der Waals surface area contributed by atoms with Crippen LogP contribution in [0.25, 0.3) is 11.0 Å². The Bertz CT molecular complexity index is 482. The molecule has 0 radical (unpaired) electrons. The maximum atomic E-state index is 5.88. The highest BCUT2D eigenvalue weighted by Crippen LogP contribution is 2.18. The van der Waals surface area contributed by atoms with Crippen molar-refractivity contribution >= 4 is 22.6 Å². The van der Waals surface area contributed by atoms with E-state index in [-0.39, 0.29) is 0 Å². The molecule has 72 valence electrons. The van der Waals surface area contributed by atoms with Crippen LogP contribution in [0.4, 0.5) is 0 Å². The average molecular weight is 208 g/mol. The Morgan fingerprint density at radius 3 is 2.86 bits per heavy atom. The number of aryl methyl sites for hydroxylation is 1. The molecule has 0 aliphatic heterocycles. The van der Waals surface area contributed by atoms with Gasteiger partial charge in [0.1, 0.15) is 0 Å². The van der Waals surface area contributed by atoms with E-state index in [1.54, 1.807) is 0 Å². The average Bonchev–Trinajstić information content (AvgIpc) is 2.19. The van der Waals surface area contributed by atoms with Crippen LogP contribution in [0.3, 0.4) is 0 Å². The summed E-state index contributed by atoms with van der Waals surface area (Å²) in [5, 5.41) is 0.451. The number of nitrogens with zero attached hydrogens (tertiary/aromatic N) is 2. The van der Waals surface area contributed by atoms with Crippen LogP contribution in [0.15, 0.2) is 18.2 Å². The summed E-state index contributed by atoms with van der Waals surface area (Å²) in [7, 11) is 0. The van der Waals surface area contributed by atoms with E-state index >= 15 is 0 Å². The Labute approximate surface area is 86.9 Å². The molecule has 1 heterocycles. The van der Waals surface area contributed by atoms with E-state index in [4.69, 9.17) is 17.3 Å². The van der Waals surface area contributed by atoms with Crippen molar-refractivity contribution in [3.05, 3.63) is 34.6 Å². The van der Waals surface area contributed by atoms with Crippen molar-refractivity contribution < 1.29 is 0 Å². The van der Waals surface area contributed by atoms with Crippen LogP contribution < -0.4 is 5.73 Å². The molecule has 2 rings (SSSR count). The summed E-state index contributed by atoms with van der Waals surface area (Å²) in [6.45, 7) is 2.30. The number of aromatic nitrogens is 2. The molecule has 0 aliphatic rings. The number of fused-ring (bicyclic) bond motifs is 1. The minimum absolute atomic E-state index is 0.451. The molecule has 0 unspecified atom stereocenters. The Kier molecular flexibility index (Phi) is 2.35. The highest BCUT2D eigenvalue weighted by atomic mass is 35.5. The van der Waals surface area contributed by atoms with Gasteiger partial charge in [-0.1, -0.05) is 23.7 Å². The van der Waals surface area contributed by atoms with Gasteiger partial charge in [-0.15, -0.1) is 0 Å². The molecule has 0 spiro atoms. The van der Waals surface area contributed by atoms with E-state index in [9.17, 15) is 0 Å². The molecule has 4 heteroatoms. The molecule has 2 aromatic rings. The number of nitrogens with two attached hydrogens (primary N) is 1. The van der Waals surface area contributed by atoms with Crippen LogP contribution >= 0.6 is 11.6 Å². The number of benzene rings is 1. The summed E-state index contributed by atoms with van der Waals surface area (Å²) in [4.78, 5) is 8.60. The first-order valence-electron chi connectivity index (χ1n) is 4.34. The summed E-state index contributed by atoms with van der Waals surface area (Å²) < 4.78 is 0. The van der Waals surface area contributed by atoms with Gasteiger partial charge >= 0.3 is 0 Å². The molecule has 0 saturated carbocycles. The fourth-order valence-electron chi connectivity index (χ4n) is 1.36.